The zero-order valence-electron chi connectivity index (χ0n) is 15.0. The number of benzene rings is 1. The molecule has 0 saturated carbocycles. The Balaban J connectivity index is 1.63. The van der Waals surface area contributed by atoms with Crippen molar-refractivity contribution in [2.24, 2.45) is 5.92 Å². The molecule has 2 aliphatic rings. The number of nitrogens with zero attached hydrogens (tertiary/aromatic N) is 2. The summed E-state index contributed by atoms with van der Waals surface area (Å²) in [6.45, 7) is 9.43. The van der Waals surface area contributed by atoms with Gasteiger partial charge in [-0.2, -0.15) is 0 Å². The largest absolute Gasteiger partial charge is 0.369 e. The van der Waals surface area contributed by atoms with Crippen LogP contribution in [0.5, 0.6) is 0 Å². The molecule has 2 heterocycles. The van der Waals surface area contributed by atoms with Gasteiger partial charge in [-0.3, -0.25) is 4.79 Å². The summed E-state index contributed by atoms with van der Waals surface area (Å²) >= 11 is 0. The van der Waals surface area contributed by atoms with E-state index in [2.05, 4.69) is 28.1 Å². The molecule has 0 aromatic heterocycles. The number of sulfone groups is 1. The molecule has 0 spiro atoms. The molecule has 1 atom stereocenters. The first kappa shape index (κ1) is 18.2. The number of carbonyl (C=O) groups is 1. The lowest BCUT2D eigenvalue weighted by Crippen LogP contribution is -2.46. The molecule has 1 amide bonds. The van der Waals surface area contributed by atoms with Crippen LogP contribution in [0.2, 0.25) is 0 Å². The Morgan fingerprint density at radius 1 is 1.24 bits per heavy atom. The molecule has 0 radical (unpaired) electrons. The number of amides is 1. The molecule has 1 aromatic carbocycles. The molecule has 3 rings (SSSR count). The van der Waals surface area contributed by atoms with Crippen LogP contribution in [0.1, 0.15) is 18.9 Å². The smallest absolute Gasteiger partial charge is 0.228 e. The van der Waals surface area contributed by atoms with E-state index in [1.807, 2.05) is 19.1 Å². The fourth-order valence-corrected chi connectivity index (χ4v) is 5.29. The zero-order chi connectivity index (χ0) is 18.0. The average Bonchev–Trinajstić information content (AvgIpc) is 2.97. The Hall–Kier alpha value is -1.60. The van der Waals surface area contributed by atoms with E-state index in [9.17, 15) is 13.2 Å². The van der Waals surface area contributed by atoms with Gasteiger partial charge in [-0.25, -0.2) is 8.42 Å². The number of likely N-dealkylation sites (N-methyl/N-ethyl adjacent to an activating group) is 1. The first-order valence-corrected chi connectivity index (χ1v) is 10.8. The number of carbonyl (C=O) groups excluding carboxylic acids is 1. The van der Waals surface area contributed by atoms with Gasteiger partial charge in [-0.15, -0.1) is 0 Å². The van der Waals surface area contributed by atoms with Crippen LogP contribution in [0, 0.1) is 12.8 Å². The van der Waals surface area contributed by atoms with E-state index in [1.165, 1.54) is 5.69 Å². The van der Waals surface area contributed by atoms with E-state index in [0.717, 1.165) is 44.0 Å². The summed E-state index contributed by atoms with van der Waals surface area (Å²) in [7, 11) is -3.04. The van der Waals surface area contributed by atoms with Gasteiger partial charge in [0.25, 0.3) is 0 Å². The number of aryl methyl sites for hydroxylation is 1. The van der Waals surface area contributed by atoms with Crippen molar-refractivity contribution in [2.45, 2.75) is 20.3 Å². The maximum Gasteiger partial charge on any atom is 0.228 e. The van der Waals surface area contributed by atoms with Gasteiger partial charge in [0.15, 0.2) is 9.84 Å². The molecular formula is C18H27N3O3S. The SMILES string of the molecule is CCN1CCN(c2ccc(NC(=O)C3CCS(=O)(=O)C3)c(C)c2)CC1. The van der Waals surface area contributed by atoms with Crippen LogP contribution in [-0.4, -0.2) is 63.5 Å². The summed E-state index contributed by atoms with van der Waals surface area (Å²) in [5.74, 6) is -0.524. The van der Waals surface area contributed by atoms with Crippen molar-refractivity contribution in [3.63, 3.8) is 0 Å². The third-order valence-electron chi connectivity index (χ3n) is 5.26. The van der Waals surface area contributed by atoms with Gasteiger partial charge in [0.05, 0.1) is 17.4 Å². The van der Waals surface area contributed by atoms with Gasteiger partial charge in [-0.1, -0.05) is 6.92 Å². The molecule has 138 valence electrons. The Bertz CT molecular complexity index is 740. The highest BCUT2D eigenvalue weighted by Gasteiger charge is 2.33. The summed E-state index contributed by atoms with van der Waals surface area (Å²) in [5, 5.41) is 2.91. The third-order valence-corrected chi connectivity index (χ3v) is 7.02. The third kappa shape index (κ3) is 4.33. The summed E-state index contributed by atoms with van der Waals surface area (Å²) in [6.07, 6.45) is 0.424. The molecule has 0 aliphatic carbocycles. The minimum Gasteiger partial charge on any atom is -0.369 e. The van der Waals surface area contributed by atoms with Crippen molar-refractivity contribution in [3.05, 3.63) is 23.8 Å². The van der Waals surface area contributed by atoms with E-state index in [4.69, 9.17) is 0 Å². The highest BCUT2D eigenvalue weighted by atomic mass is 32.2. The lowest BCUT2D eigenvalue weighted by Gasteiger charge is -2.35. The standard InChI is InChI=1S/C18H27N3O3S/c1-3-20-7-9-21(10-8-20)16-4-5-17(14(2)12-16)19-18(22)15-6-11-25(23,24)13-15/h4-5,12,15H,3,6-11,13H2,1-2H3,(H,19,22). The minimum atomic E-state index is -3.04. The van der Waals surface area contributed by atoms with Crippen LogP contribution in [0.25, 0.3) is 0 Å². The van der Waals surface area contributed by atoms with Gasteiger partial charge in [0.2, 0.25) is 5.91 Å². The quantitative estimate of drug-likeness (QED) is 0.876. The summed E-state index contributed by atoms with van der Waals surface area (Å²) < 4.78 is 23.1. The number of hydrogen-bond acceptors (Lipinski definition) is 5. The van der Waals surface area contributed by atoms with Crippen LogP contribution in [0.4, 0.5) is 11.4 Å². The summed E-state index contributed by atoms with van der Waals surface area (Å²) in [4.78, 5) is 17.1. The predicted octanol–water partition coefficient (Wildman–Crippen LogP) is 1.51. The monoisotopic (exact) mass is 365 g/mol. The molecule has 6 nitrogen and oxygen atoms in total. The predicted molar refractivity (Wildman–Crippen MR) is 101 cm³/mol. The van der Waals surface area contributed by atoms with Gasteiger partial charge < -0.3 is 15.1 Å². The Labute approximate surface area is 150 Å². The molecule has 0 bridgehead atoms. The van der Waals surface area contributed by atoms with Crippen molar-refractivity contribution in [1.82, 2.24) is 4.90 Å². The van der Waals surface area contributed by atoms with Gasteiger partial charge in [0, 0.05) is 37.6 Å². The molecule has 2 aliphatic heterocycles. The van der Waals surface area contributed by atoms with E-state index < -0.39 is 15.8 Å². The molecule has 7 heteroatoms. The van der Waals surface area contributed by atoms with Crippen LogP contribution < -0.4 is 10.2 Å². The molecule has 2 saturated heterocycles. The van der Waals surface area contributed by atoms with Gasteiger partial charge >= 0.3 is 0 Å². The van der Waals surface area contributed by atoms with Crippen molar-refractivity contribution in [3.8, 4) is 0 Å². The van der Waals surface area contributed by atoms with Gasteiger partial charge in [-0.05, 0) is 43.7 Å². The number of nitrogens with one attached hydrogen (secondary N) is 1. The van der Waals surface area contributed by atoms with E-state index >= 15 is 0 Å². The normalized spacial score (nSPS) is 23.6. The highest BCUT2D eigenvalue weighted by Crippen LogP contribution is 2.26. The van der Waals surface area contributed by atoms with E-state index in [1.54, 1.807) is 0 Å². The first-order valence-electron chi connectivity index (χ1n) is 8.97. The molecule has 1 unspecified atom stereocenters. The lowest BCUT2D eigenvalue weighted by atomic mass is 10.1. The van der Waals surface area contributed by atoms with Crippen LogP contribution >= 0.6 is 0 Å². The summed E-state index contributed by atoms with van der Waals surface area (Å²) in [5.41, 5.74) is 2.95. The Kier molecular flexibility index (Phi) is 5.34. The maximum atomic E-state index is 12.3. The molecule has 25 heavy (non-hydrogen) atoms. The number of hydrogen-bond donors (Lipinski definition) is 1. The minimum absolute atomic E-state index is 0.0301. The van der Waals surface area contributed by atoms with Crippen LogP contribution in [0.15, 0.2) is 18.2 Å². The second-order valence-corrected chi connectivity index (χ2v) is 9.24. The van der Waals surface area contributed by atoms with Crippen molar-refractivity contribution in [1.29, 1.82) is 0 Å². The topological polar surface area (TPSA) is 69.7 Å². The Morgan fingerprint density at radius 3 is 2.52 bits per heavy atom. The Morgan fingerprint density at radius 2 is 1.96 bits per heavy atom. The maximum absolute atomic E-state index is 12.3. The van der Waals surface area contributed by atoms with Crippen molar-refractivity contribution in [2.75, 3.05) is 54.4 Å². The van der Waals surface area contributed by atoms with Gasteiger partial charge in [0.1, 0.15) is 0 Å². The van der Waals surface area contributed by atoms with Crippen molar-refractivity contribution < 1.29 is 13.2 Å². The molecular weight excluding hydrogens is 338 g/mol. The fourth-order valence-electron chi connectivity index (χ4n) is 3.54. The number of anilines is 2. The molecule has 1 N–H and O–H groups in total. The van der Waals surface area contributed by atoms with Crippen molar-refractivity contribution >= 4 is 27.1 Å². The second kappa shape index (κ2) is 7.33. The average molecular weight is 365 g/mol. The first-order chi connectivity index (χ1) is 11.9. The number of rotatable bonds is 4. The molecule has 2 fully saturated rings. The molecule has 1 aromatic rings. The zero-order valence-corrected chi connectivity index (χ0v) is 15.8. The van der Waals surface area contributed by atoms with E-state index in [-0.39, 0.29) is 17.4 Å². The second-order valence-electron chi connectivity index (χ2n) is 7.01. The van der Waals surface area contributed by atoms with Crippen LogP contribution in [0.3, 0.4) is 0 Å². The lowest BCUT2D eigenvalue weighted by molar-refractivity contribution is -0.119. The highest BCUT2D eigenvalue weighted by molar-refractivity contribution is 7.91. The number of piperazine rings is 1. The summed E-state index contributed by atoms with van der Waals surface area (Å²) in [6, 6.07) is 6.07. The van der Waals surface area contributed by atoms with E-state index in [0.29, 0.717) is 6.42 Å². The fraction of sp³-hybridized carbons (Fsp3) is 0.611. The van der Waals surface area contributed by atoms with Crippen LogP contribution in [-0.2, 0) is 14.6 Å².